The number of sulfonamides is 2. The maximum atomic E-state index is 13.1. The number of nitrogens with two attached hydrogens (primary N) is 1. The number of amides is 2. The molecular formula is C33H54N4O11S6. The van der Waals surface area contributed by atoms with Crippen molar-refractivity contribution in [3.8, 4) is 0 Å². The molecule has 2 aliphatic rings. The fourth-order valence-electron chi connectivity index (χ4n) is 6.23. The summed E-state index contributed by atoms with van der Waals surface area (Å²) in [4.78, 5) is 29.2. The second-order valence-electron chi connectivity index (χ2n) is 15.4. The Balaban J connectivity index is 0.000000294. The van der Waals surface area contributed by atoms with Gasteiger partial charge in [0.05, 0.1) is 17.3 Å². The molecule has 0 saturated heterocycles. The Morgan fingerprint density at radius 1 is 0.870 bits per heavy atom. The second-order valence-corrected chi connectivity index (χ2v) is 26.3. The number of carbonyl (C=O) groups excluding carboxylic acids is 2. The summed E-state index contributed by atoms with van der Waals surface area (Å²) in [7, 11) is -13.5. The number of thiophene rings is 2. The van der Waals surface area contributed by atoms with Gasteiger partial charge in [0.1, 0.15) is 16.8 Å². The van der Waals surface area contributed by atoms with Crippen LogP contribution in [0.25, 0.3) is 0 Å². The minimum atomic E-state index is -4.08. The molecule has 2 amide bonds. The van der Waals surface area contributed by atoms with Gasteiger partial charge in [-0.15, -0.1) is 22.7 Å². The maximum Gasteiger partial charge on any atom is 0.253 e. The van der Waals surface area contributed by atoms with Crippen LogP contribution in [-0.2, 0) is 54.0 Å². The van der Waals surface area contributed by atoms with E-state index in [2.05, 4.69) is 0 Å². The molecule has 2 N–H and O–H groups in total. The lowest BCUT2D eigenvalue weighted by Gasteiger charge is -2.40. The predicted octanol–water partition coefficient (Wildman–Crippen LogP) is 4.03. The first-order chi connectivity index (χ1) is 24.5. The highest BCUT2D eigenvalue weighted by Gasteiger charge is 2.45. The number of nitrogens with zero attached hydrogens (tertiary/aromatic N) is 3. The number of likely N-dealkylation sites (N-methyl/N-ethyl adjacent to an activating group) is 1. The number of hydrogen-bond acceptors (Lipinski definition) is 13. The zero-order chi connectivity index (χ0) is 41.6. The SMILES string of the molecule is CCN(C(=O)C(C)(C)C)[C@H]1CN(CCCOC)S(=O)(=O)c2sc(S(N)(=O)=O)cc21.CCN(C(=O)C(C)(C)C)[C@H]1C[C@H](C)S(=O)(=O)c2sc(S(C)(=O)=O)cc21. The van der Waals surface area contributed by atoms with E-state index in [1.807, 2.05) is 34.6 Å². The summed E-state index contributed by atoms with van der Waals surface area (Å²) in [6.07, 6.45) is 1.81. The van der Waals surface area contributed by atoms with E-state index in [9.17, 15) is 43.3 Å². The second kappa shape index (κ2) is 16.5. The molecule has 0 spiro atoms. The van der Waals surface area contributed by atoms with Crippen LogP contribution in [-0.4, -0.2) is 111 Å². The van der Waals surface area contributed by atoms with Crippen LogP contribution in [0.2, 0.25) is 0 Å². The summed E-state index contributed by atoms with van der Waals surface area (Å²) in [5.74, 6) is -0.222. The lowest BCUT2D eigenvalue weighted by atomic mass is 9.92. The van der Waals surface area contributed by atoms with E-state index >= 15 is 0 Å². The van der Waals surface area contributed by atoms with Gasteiger partial charge in [-0.25, -0.2) is 38.8 Å². The zero-order valence-corrected chi connectivity index (χ0v) is 37.6. The zero-order valence-electron chi connectivity index (χ0n) is 32.7. The van der Waals surface area contributed by atoms with E-state index in [-0.39, 0.29) is 48.2 Å². The van der Waals surface area contributed by atoms with Crippen molar-refractivity contribution in [1.29, 1.82) is 0 Å². The molecule has 3 atom stereocenters. The number of carbonyl (C=O) groups is 2. The number of rotatable bonds is 10. The molecule has 0 aliphatic carbocycles. The lowest BCUT2D eigenvalue weighted by molar-refractivity contribution is -0.142. The highest BCUT2D eigenvalue weighted by Crippen LogP contribution is 2.46. The third-order valence-electron chi connectivity index (χ3n) is 9.06. The van der Waals surface area contributed by atoms with Crippen molar-refractivity contribution in [3.63, 3.8) is 0 Å². The highest BCUT2D eigenvalue weighted by molar-refractivity contribution is 7.96. The number of fused-ring (bicyclic) bond motifs is 2. The van der Waals surface area contributed by atoms with Gasteiger partial charge in [-0.05, 0) is 45.7 Å². The predicted molar refractivity (Wildman–Crippen MR) is 209 cm³/mol. The molecule has 15 nitrogen and oxygen atoms in total. The average molecular weight is 875 g/mol. The van der Waals surface area contributed by atoms with Crippen molar-refractivity contribution in [1.82, 2.24) is 14.1 Å². The lowest BCUT2D eigenvalue weighted by Crippen LogP contribution is -2.49. The maximum absolute atomic E-state index is 13.1. The van der Waals surface area contributed by atoms with Crippen LogP contribution in [0, 0.1) is 10.8 Å². The Morgan fingerprint density at radius 3 is 1.78 bits per heavy atom. The van der Waals surface area contributed by atoms with Crippen LogP contribution in [0.4, 0.5) is 0 Å². The normalized spacial score (nSPS) is 21.3. The van der Waals surface area contributed by atoms with Gasteiger partial charge >= 0.3 is 0 Å². The summed E-state index contributed by atoms with van der Waals surface area (Å²) in [6, 6.07) is 1.70. The molecule has 2 aromatic rings. The van der Waals surface area contributed by atoms with Crippen molar-refractivity contribution in [2.75, 3.05) is 46.2 Å². The number of sulfone groups is 2. The molecule has 308 valence electrons. The molecule has 54 heavy (non-hydrogen) atoms. The third kappa shape index (κ3) is 9.75. The van der Waals surface area contributed by atoms with Crippen molar-refractivity contribution in [2.24, 2.45) is 16.0 Å². The van der Waals surface area contributed by atoms with Gasteiger partial charge < -0.3 is 14.5 Å². The monoisotopic (exact) mass is 874 g/mol. The molecule has 4 rings (SSSR count). The van der Waals surface area contributed by atoms with E-state index in [1.165, 1.54) is 23.5 Å². The average Bonchev–Trinajstić information content (AvgIpc) is 3.70. The standard InChI is InChI=1S/C17H29N3O6S3.C16H25NO5S3/c1-6-20(16(21)17(2,3)4)13-11-19(8-7-9-26-5)29(24,25)15-12(13)10-14(27-15)28(18,22)23;1-7-17(15(18)16(3,4)5)12-8-10(2)25(21,22)14-11(12)9-13(23-14)24(6,19)20/h10,13H,6-9,11H2,1-5H3,(H2,18,22,23);9-10,12H,7-8H2,1-6H3/t13-;10-,12-/m00/s1. The van der Waals surface area contributed by atoms with E-state index in [0.29, 0.717) is 48.6 Å². The number of hydrogen-bond donors (Lipinski definition) is 1. The van der Waals surface area contributed by atoms with E-state index in [4.69, 9.17) is 9.88 Å². The largest absolute Gasteiger partial charge is 0.385 e. The third-order valence-corrected chi connectivity index (χ3v) is 19.7. The fraction of sp³-hybridized carbons (Fsp3) is 0.697. The molecule has 0 saturated carbocycles. The Bertz CT molecular complexity index is 2160. The van der Waals surface area contributed by atoms with E-state index < -0.39 is 67.9 Å². The molecule has 0 fully saturated rings. The number of methoxy groups -OCH3 is 1. The first kappa shape index (κ1) is 46.4. The molecule has 0 unspecified atom stereocenters. The van der Waals surface area contributed by atoms with Crippen LogP contribution in [0.1, 0.15) is 98.4 Å². The smallest absolute Gasteiger partial charge is 0.253 e. The molecule has 0 aromatic carbocycles. The van der Waals surface area contributed by atoms with Gasteiger partial charge in [-0.1, -0.05) is 41.5 Å². The van der Waals surface area contributed by atoms with Crippen LogP contribution >= 0.6 is 22.7 Å². The van der Waals surface area contributed by atoms with Crippen LogP contribution < -0.4 is 5.14 Å². The first-order valence-electron chi connectivity index (χ1n) is 17.3. The van der Waals surface area contributed by atoms with Crippen molar-refractivity contribution in [3.05, 3.63) is 23.3 Å². The summed E-state index contributed by atoms with van der Waals surface area (Å²) in [6.45, 7) is 17.5. The van der Waals surface area contributed by atoms with Gasteiger partial charge in [0.15, 0.2) is 19.7 Å². The summed E-state index contributed by atoms with van der Waals surface area (Å²) >= 11 is 1.42. The van der Waals surface area contributed by atoms with E-state index in [0.717, 1.165) is 17.6 Å². The first-order valence-corrected chi connectivity index (χ1v) is 25.4. The van der Waals surface area contributed by atoms with Crippen LogP contribution in [0.5, 0.6) is 0 Å². The van der Waals surface area contributed by atoms with Gasteiger partial charge in [-0.3, -0.25) is 9.59 Å². The Hall–Kier alpha value is -1.98. The fourth-order valence-corrected chi connectivity index (χ4v) is 15.1. The Morgan fingerprint density at radius 2 is 1.33 bits per heavy atom. The molecule has 4 heterocycles. The van der Waals surface area contributed by atoms with Gasteiger partial charge in [0.25, 0.3) is 10.0 Å². The summed E-state index contributed by atoms with van der Waals surface area (Å²) < 4.78 is 105. The summed E-state index contributed by atoms with van der Waals surface area (Å²) in [5.41, 5.74) is -0.540. The topological polar surface area (TPSA) is 216 Å². The van der Waals surface area contributed by atoms with Crippen molar-refractivity contribution >= 4 is 74.2 Å². The van der Waals surface area contributed by atoms with Crippen LogP contribution in [0.3, 0.4) is 0 Å². The highest BCUT2D eigenvalue weighted by atomic mass is 32.3. The minimum absolute atomic E-state index is 0.0273. The number of primary sulfonamides is 1. The Kier molecular flexibility index (Phi) is 14.2. The molecule has 2 aliphatic heterocycles. The van der Waals surface area contributed by atoms with Crippen molar-refractivity contribution in [2.45, 2.75) is 109 Å². The summed E-state index contributed by atoms with van der Waals surface area (Å²) in [5, 5.41) is 4.58. The molecule has 21 heteroatoms. The quantitative estimate of drug-likeness (QED) is 0.337. The van der Waals surface area contributed by atoms with Crippen molar-refractivity contribution < 1.29 is 48.0 Å². The van der Waals surface area contributed by atoms with E-state index in [1.54, 1.807) is 37.5 Å². The Labute approximate surface area is 329 Å². The molecule has 0 bridgehead atoms. The van der Waals surface area contributed by atoms with Crippen LogP contribution in [0.15, 0.2) is 29.0 Å². The molecule has 2 aromatic heterocycles. The minimum Gasteiger partial charge on any atom is -0.385 e. The van der Waals surface area contributed by atoms with Gasteiger partial charge in [0, 0.05) is 68.1 Å². The molecule has 0 radical (unpaired) electrons. The van der Waals surface area contributed by atoms with Gasteiger partial charge in [0.2, 0.25) is 21.8 Å². The number of ether oxygens (including phenoxy) is 1. The van der Waals surface area contributed by atoms with Gasteiger partial charge in [-0.2, -0.15) is 4.31 Å². The molecular weight excluding hydrogens is 821 g/mol.